The minimum atomic E-state index is 0.0567. The van der Waals surface area contributed by atoms with Crippen LogP contribution >= 0.6 is 11.8 Å². The third kappa shape index (κ3) is 4.14. The third-order valence-corrected chi connectivity index (χ3v) is 5.65. The van der Waals surface area contributed by atoms with E-state index in [1.165, 1.54) is 24.6 Å². The van der Waals surface area contributed by atoms with Crippen LogP contribution in [-0.4, -0.2) is 37.9 Å². The summed E-state index contributed by atoms with van der Waals surface area (Å²) in [5.41, 5.74) is 0.929. The summed E-state index contributed by atoms with van der Waals surface area (Å²) >= 11 is 1.35. The molecule has 1 fully saturated rings. The van der Waals surface area contributed by atoms with E-state index in [-0.39, 0.29) is 5.91 Å². The number of hydrogen-bond acceptors (Lipinski definition) is 5. The van der Waals surface area contributed by atoms with Crippen molar-refractivity contribution in [2.24, 2.45) is 11.8 Å². The predicted octanol–water partition coefficient (Wildman–Crippen LogP) is 2.90. The van der Waals surface area contributed by atoms with Crippen molar-refractivity contribution >= 4 is 17.7 Å². The van der Waals surface area contributed by atoms with Crippen molar-refractivity contribution in [3.05, 3.63) is 24.5 Å². The summed E-state index contributed by atoms with van der Waals surface area (Å²) in [6.45, 7) is 4.50. The highest BCUT2D eigenvalue weighted by atomic mass is 32.2. The summed E-state index contributed by atoms with van der Waals surface area (Å²) in [4.78, 5) is 20.6. The second kappa shape index (κ2) is 7.79. The van der Waals surface area contributed by atoms with E-state index in [0.29, 0.717) is 34.6 Å². The Balaban J connectivity index is 1.51. The van der Waals surface area contributed by atoms with Gasteiger partial charge < -0.3 is 5.32 Å². The maximum Gasteiger partial charge on any atom is 0.230 e. The molecule has 2 heterocycles. The van der Waals surface area contributed by atoms with Crippen molar-refractivity contribution in [2.75, 3.05) is 5.75 Å². The zero-order valence-electron chi connectivity index (χ0n) is 14.0. The summed E-state index contributed by atoms with van der Waals surface area (Å²) in [5, 5.41) is 10.8. The fraction of sp³-hybridized carbons (Fsp3) is 0.529. The van der Waals surface area contributed by atoms with Crippen molar-refractivity contribution in [3.8, 4) is 11.4 Å². The molecule has 128 valence electrons. The molecule has 0 unspecified atom stereocenters. The maximum absolute atomic E-state index is 12.2. The second-order valence-corrected chi connectivity index (χ2v) is 7.37. The van der Waals surface area contributed by atoms with Crippen molar-refractivity contribution in [2.45, 2.75) is 44.3 Å². The Morgan fingerprint density at radius 1 is 1.33 bits per heavy atom. The first-order chi connectivity index (χ1) is 11.6. The van der Waals surface area contributed by atoms with Gasteiger partial charge in [0.25, 0.3) is 0 Å². The van der Waals surface area contributed by atoms with Crippen LogP contribution in [0.1, 0.15) is 33.1 Å². The Morgan fingerprint density at radius 3 is 2.92 bits per heavy atom. The van der Waals surface area contributed by atoms with Gasteiger partial charge in [0, 0.05) is 24.0 Å². The van der Waals surface area contributed by atoms with Crippen LogP contribution < -0.4 is 5.32 Å². The number of nitrogens with one attached hydrogen (secondary N) is 2. The van der Waals surface area contributed by atoms with Crippen LogP contribution in [0, 0.1) is 11.8 Å². The average molecular weight is 345 g/mol. The molecule has 0 bridgehead atoms. The van der Waals surface area contributed by atoms with Crippen LogP contribution in [0.3, 0.4) is 0 Å². The van der Waals surface area contributed by atoms with E-state index in [4.69, 9.17) is 0 Å². The van der Waals surface area contributed by atoms with Crippen LogP contribution in [0.4, 0.5) is 0 Å². The molecule has 2 aromatic heterocycles. The molecule has 1 aliphatic carbocycles. The lowest BCUT2D eigenvalue weighted by atomic mass is 9.78. The summed E-state index contributed by atoms with van der Waals surface area (Å²) in [7, 11) is 0. The standard InChI is InChI=1S/C17H23N5OS/c1-11-4-3-5-14(12(11)2)19-15(23)10-24-17-20-16(21-22-17)13-6-8-18-9-7-13/h6-9,11-12,14H,3-5,10H2,1-2H3,(H,19,23)(H,20,21,22)/t11-,12-,14-/m1/s1. The Bertz CT molecular complexity index is 675. The van der Waals surface area contributed by atoms with Crippen molar-refractivity contribution < 1.29 is 4.79 Å². The molecule has 24 heavy (non-hydrogen) atoms. The molecular weight excluding hydrogens is 322 g/mol. The first-order valence-corrected chi connectivity index (χ1v) is 9.37. The number of aromatic amines is 1. The van der Waals surface area contributed by atoms with Gasteiger partial charge in [-0.05, 0) is 30.4 Å². The first kappa shape index (κ1) is 17.0. The summed E-state index contributed by atoms with van der Waals surface area (Å²) in [6.07, 6.45) is 6.96. The van der Waals surface area contributed by atoms with Crippen molar-refractivity contribution in [1.82, 2.24) is 25.5 Å². The summed E-state index contributed by atoms with van der Waals surface area (Å²) in [6, 6.07) is 4.03. The predicted molar refractivity (Wildman–Crippen MR) is 94.4 cm³/mol. The SMILES string of the molecule is C[C@@H]1[C@H](C)CCC[C@H]1NC(=O)CSc1n[nH]c(-c2ccncc2)n1. The second-order valence-electron chi connectivity index (χ2n) is 6.43. The van der Waals surface area contributed by atoms with Gasteiger partial charge in [0.05, 0.1) is 5.75 Å². The number of pyridine rings is 1. The monoisotopic (exact) mass is 345 g/mol. The van der Waals surface area contributed by atoms with Gasteiger partial charge in [-0.1, -0.05) is 38.5 Å². The molecule has 0 aliphatic heterocycles. The first-order valence-electron chi connectivity index (χ1n) is 8.38. The van der Waals surface area contributed by atoms with E-state index in [9.17, 15) is 4.79 Å². The summed E-state index contributed by atoms with van der Waals surface area (Å²) < 4.78 is 0. The number of amides is 1. The van der Waals surface area contributed by atoms with Gasteiger partial charge in [0.15, 0.2) is 5.82 Å². The van der Waals surface area contributed by atoms with E-state index in [2.05, 4.69) is 39.3 Å². The fourth-order valence-electron chi connectivity index (χ4n) is 3.11. The largest absolute Gasteiger partial charge is 0.352 e. The molecule has 1 saturated carbocycles. The molecule has 2 aromatic rings. The lowest BCUT2D eigenvalue weighted by Gasteiger charge is -2.34. The molecule has 1 aliphatic rings. The molecule has 3 atom stereocenters. The molecule has 2 N–H and O–H groups in total. The van der Waals surface area contributed by atoms with Gasteiger partial charge >= 0.3 is 0 Å². The van der Waals surface area contributed by atoms with E-state index in [0.717, 1.165) is 12.0 Å². The van der Waals surface area contributed by atoms with Crippen LogP contribution in [-0.2, 0) is 4.79 Å². The van der Waals surface area contributed by atoms with Gasteiger partial charge in [-0.15, -0.1) is 5.10 Å². The van der Waals surface area contributed by atoms with E-state index in [1.807, 2.05) is 12.1 Å². The van der Waals surface area contributed by atoms with E-state index in [1.54, 1.807) is 12.4 Å². The molecule has 3 rings (SSSR count). The number of carbonyl (C=O) groups is 1. The van der Waals surface area contributed by atoms with Crippen LogP contribution in [0.15, 0.2) is 29.7 Å². The molecule has 6 nitrogen and oxygen atoms in total. The topological polar surface area (TPSA) is 83.6 Å². The lowest BCUT2D eigenvalue weighted by Crippen LogP contribution is -2.44. The molecule has 7 heteroatoms. The Morgan fingerprint density at radius 2 is 2.12 bits per heavy atom. The van der Waals surface area contributed by atoms with Crippen molar-refractivity contribution in [3.63, 3.8) is 0 Å². The van der Waals surface area contributed by atoms with Gasteiger partial charge in [-0.25, -0.2) is 4.98 Å². The third-order valence-electron chi connectivity index (χ3n) is 4.80. The van der Waals surface area contributed by atoms with Crippen LogP contribution in [0.25, 0.3) is 11.4 Å². The number of carbonyl (C=O) groups excluding carboxylic acids is 1. The Labute approximate surface area is 146 Å². The quantitative estimate of drug-likeness (QED) is 0.814. The normalized spacial score (nSPS) is 23.8. The minimum Gasteiger partial charge on any atom is -0.352 e. The molecule has 0 aromatic carbocycles. The maximum atomic E-state index is 12.2. The van der Waals surface area contributed by atoms with E-state index >= 15 is 0 Å². The fourth-order valence-corrected chi connectivity index (χ4v) is 3.72. The lowest BCUT2D eigenvalue weighted by molar-refractivity contribution is -0.120. The molecule has 0 radical (unpaired) electrons. The highest BCUT2D eigenvalue weighted by Crippen LogP contribution is 2.29. The number of aromatic nitrogens is 4. The van der Waals surface area contributed by atoms with Crippen molar-refractivity contribution in [1.29, 1.82) is 0 Å². The van der Waals surface area contributed by atoms with Gasteiger partial charge in [0.1, 0.15) is 0 Å². The van der Waals surface area contributed by atoms with Crippen LogP contribution in [0.5, 0.6) is 0 Å². The summed E-state index contributed by atoms with van der Waals surface area (Å²) in [5.74, 6) is 2.30. The zero-order valence-corrected chi connectivity index (χ0v) is 14.8. The molecule has 0 saturated heterocycles. The van der Waals surface area contributed by atoms with Gasteiger partial charge in [-0.2, -0.15) is 0 Å². The van der Waals surface area contributed by atoms with Gasteiger partial charge in [0.2, 0.25) is 11.1 Å². The number of H-pyrrole nitrogens is 1. The van der Waals surface area contributed by atoms with Crippen LogP contribution in [0.2, 0.25) is 0 Å². The average Bonchev–Trinajstić information content (AvgIpc) is 3.07. The Hall–Kier alpha value is -1.89. The number of rotatable bonds is 5. The number of hydrogen-bond donors (Lipinski definition) is 2. The Kier molecular flexibility index (Phi) is 5.50. The molecule has 0 spiro atoms. The highest BCUT2D eigenvalue weighted by molar-refractivity contribution is 7.99. The van der Waals surface area contributed by atoms with E-state index < -0.39 is 0 Å². The number of thioether (sulfide) groups is 1. The highest BCUT2D eigenvalue weighted by Gasteiger charge is 2.28. The van der Waals surface area contributed by atoms with Gasteiger partial charge in [-0.3, -0.25) is 14.9 Å². The molecule has 1 amide bonds. The minimum absolute atomic E-state index is 0.0567. The molecular formula is C17H23N5OS. The number of nitrogens with zero attached hydrogens (tertiary/aromatic N) is 3. The zero-order chi connectivity index (χ0) is 16.9. The smallest absolute Gasteiger partial charge is 0.230 e.